The first-order valence-electron chi connectivity index (χ1n) is 0.993. The molecule has 3 heteroatoms. The van der Waals surface area contributed by atoms with Gasteiger partial charge in [0.1, 0.15) is 0 Å². The van der Waals surface area contributed by atoms with E-state index in [2.05, 4.69) is 5.73 Å². The molecule has 0 fully saturated rings. The van der Waals surface area contributed by atoms with Gasteiger partial charge in [0.15, 0.2) is 0 Å². The summed E-state index contributed by atoms with van der Waals surface area (Å²) in [5.74, 6) is -0.333. The van der Waals surface area contributed by atoms with Gasteiger partial charge in [-0.2, -0.15) is 0 Å². The Morgan fingerprint density at radius 3 is 1.67 bits per heavy atom. The van der Waals surface area contributed by atoms with Gasteiger partial charge in [-0.15, -0.1) is 0 Å². The second-order valence-corrected chi connectivity index (χ2v) is 0.611. The molecule has 0 aromatic carbocycles. The molecular formula is C3H11NO2. The molecule has 1 amide bonds. The number of hydrogen-bond donors (Lipinski definition) is 1. The SMILES string of the molecule is C.CC(N)=O.O. The quantitative estimate of drug-likeness (QED) is 0.422. The van der Waals surface area contributed by atoms with Gasteiger partial charge in [0, 0.05) is 6.92 Å². The van der Waals surface area contributed by atoms with E-state index in [4.69, 9.17) is 0 Å². The van der Waals surface area contributed by atoms with E-state index < -0.39 is 0 Å². The van der Waals surface area contributed by atoms with Crippen LogP contribution in [0.4, 0.5) is 0 Å². The van der Waals surface area contributed by atoms with E-state index in [0.29, 0.717) is 0 Å². The topological polar surface area (TPSA) is 74.6 Å². The normalized spacial score (nSPS) is 4.17. The Morgan fingerprint density at radius 1 is 1.67 bits per heavy atom. The van der Waals surface area contributed by atoms with Crippen LogP contribution < -0.4 is 5.73 Å². The zero-order chi connectivity index (χ0) is 3.58. The number of primary amides is 1. The summed E-state index contributed by atoms with van der Waals surface area (Å²) in [6, 6.07) is 0. The molecule has 0 saturated heterocycles. The molecule has 0 aromatic rings. The molecular weight excluding hydrogens is 82.0 g/mol. The maximum absolute atomic E-state index is 9.22. The average molecular weight is 93.1 g/mol. The lowest BCUT2D eigenvalue weighted by Gasteiger charge is -1.60. The third-order valence-corrected chi connectivity index (χ3v) is 0. The summed E-state index contributed by atoms with van der Waals surface area (Å²) in [5.41, 5.74) is 4.47. The number of nitrogens with two attached hydrogens (primary N) is 1. The summed E-state index contributed by atoms with van der Waals surface area (Å²) in [6.45, 7) is 1.31. The van der Waals surface area contributed by atoms with Gasteiger partial charge in [-0.3, -0.25) is 4.79 Å². The molecule has 3 nitrogen and oxygen atoms in total. The Balaban J connectivity index is -0.0000000450. The van der Waals surface area contributed by atoms with Crippen LogP contribution in [0.1, 0.15) is 14.4 Å². The van der Waals surface area contributed by atoms with Crippen molar-refractivity contribution in [1.82, 2.24) is 0 Å². The largest absolute Gasteiger partial charge is 0.412 e. The minimum atomic E-state index is -0.333. The van der Waals surface area contributed by atoms with Crippen molar-refractivity contribution < 1.29 is 10.3 Å². The molecule has 0 heterocycles. The van der Waals surface area contributed by atoms with Gasteiger partial charge in [0.05, 0.1) is 0 Å². The number of carbonyl (C=O) groups is 1. The molecule has 0 spiro atoms. The summed E-state index contributed by atoms with van der Waals surface area (Å²) in [5, 5.41) is 0. The second kappa shape index (κ2) is 8.83. The summed E-state index contributed by atoms with van der Waals surface area (Å²) in [4.78, 5) is 9.22. The lowest BCUT2D eigenvalue weighted by atomic mass is 10.8. The van der Waals surface area contributed by atoms with Crippen molar-refractivity contribution in [2.45, 2.75) is 14.4 Å². The van der Waals surface area contributed by atoms with Gasteiger partial charge >= 0.3 is 0 Å². The van der Waals surface area contributed by atoms with Crippen molar-refractivity contribution in [3.8, 4) is 0 Å². The van der Waals surface area contributed by atoms with Crippen molar-refractivity contribution in [3.63, 3.8) is 0 Å². The Kier molecular flexibility index (Phi) is 26.5. The van der Waals surface area contributed by atoms with E-state index >= 15 is 0 Å². The Morgan fingerprint density at radius 2 is 1.67 bits per heavy atom. The van der Waals surface area contributed by atoms with Crippen LogP contribution in [0.3, 0.4) is 0 Å². The van der Waals surface area contributed by atoms with Gasteiger partial charge in [-0.05, 0) is 0 Å². The molecule has 0 aliphatic carbocycles. The van der Waals surface area contributed by atoms with Crippen molar-refractivity contribution in [3.05, 3.63) is 0 Å². The molecule has 0 aliphatic heterocycles. The smallest absolute Gasteiger partial charge is 0.214 e. The standard InChI is InChI=1S/C2H5NO.CH4.H2O/c1-2(3)4;;/h1H3,(H2,3,4);1H4;1H2. The number of amides is 1. The summed E-state index contributed by atoms with van der Waals surface area (Å²) in [6.07, 6.45) is 0. The summed E-state index contributed by atoms with van der Waals surface area (Å²) in [7, 11) is 0. The molecule has 0 saturated carbocycles. The molecule has 0 aromatic heterocycles. The summed E-state index contributed by atoms with van der Waals surface area (Å²) < 4.78 is 0. The van der Waals surface area contributed by atoms with Crippen LogP contribution in [0.2, 0.25) is 0 Å². The lowest BCUT2D eigenvalue weighted by molar-refractivity contribution is -0.115. The lowest BCUT2D eigenvalue weighted by Crippen LogP contribution is -2.01. The monoisotopic (exact) mass is 93.1 g/mol. The molecule has 4 N–H and O–H groups in total. The van der Waals surface area contributed by atoms with Gasteiger partial charge < -0.3 is 11.2 Å². The fraction of sp³-hybridized carbons (Fsp3) is 0.667. The van der Waals surface area contributed by atoms with Crippen molar-refractivity contribution in [2.24, 2.45) is 5.73 Å². The van der Waals surface area contributed by atoms with Crippen LogP contribution in [-0.4, -0.2) is 11.4 Å². The third-order valence-electron chi connectivity index (χ3n) is 0. The van der Waals surface area contributed by atoms with Gasteiger partial charge in [0.25, 0.3) is 0 Å². The maximum Gasteiger partial charge on any atom is 0.214 e. The molecule has 0 bridgehead atoms. The van der Waals surface area contributed by atoms with E-state index in [0.717, 1.165) is 0 Å². The van der Waals surface area contributed by atoms with Crippen LogP contribution in [0.25, 0.3) is 0 Å². The molecule has 0 radical (unpaired) electrons. The first-order valence-corrected chi connectivity index (χ1v) is 0.993. The van der Waals surface area contributed by atoms with E-state index in [-0.39, 0.29) is 18.8 Å². The third kappa shape index (κ3) is 62.3. The van der Waals surface area contributed by atoms with Gasteiger partial charge in [-0.1, -0.05) is 7.43 Å². The van der Waals surface area contributed by atoms with Gasteiger partial charge in [0.2, 0.25) is 5.91 Å². The fourth-order valence-electron chi connectivity index (χ4n) is 0. The Hall–Kier alpha value is -0.570. The first kappa shape index (κ1) is 18.0. The number of hydrogen-bond acceptors (Lipinski definition) is 1. The first-order chi connectivity index (χ1) is 1.73. The zero-order valence-corrected chi connectivity index (χ0v) is 2.99. The van der Waals surface area contributed by atoms with Crippen molar-refractivity contribution in [1.29, 1.82) is 0 Å². The fourth-order valence-corrected chi connectivity index (χ4v) is 0. The minimum absolute atomic E-state index is 0. The highest BCUT2D eigenvalue weighted by molar-refractivity contribution is 5.70. The van der Waals surface area contributed by atoms with Crippen LogP contribution >= 0.6 is 0 Å². The van der Waals surface area contributed by atoms with E-state index in [9.17, 15) is 4.79 Å². The van der Waals surface area contributed by atoms with E-state index in [1.807, 2.05) is 0 Å². The highest BCUT2D eigenvalue weighted by Crippen LogP contribution is 1.33. The van der Waals surface area contributed by atoms with Crippen LogP contribution in [0.15, 0.2) is 0 Å². The van der Waals surface area contributed by atoms with Crippen LogP contribution in [0.5, 0.6) is 0 Å². The van der Waals surface area contributed by atoms with Crippen molar-refractivity contribution >= 4 is 5.91 Å². The highest BCUT2D eigenvalue weighted by atomic mass is 16.1. The molecule has 0 unspecified atom stereocenters. The molecule has 0 rings (SSSR count). The zero-order valence-electron chi connectivity index (χ0n) is 2.99. The molecule has 6 heavy (non-hydrogen) atoms. The highest BCUT2D eigenvalue weighted by Gasteiger charge is 1.61. The second-order valence-electron chi connectivity index (χ2n) is 0.611. The van der Waals surface area contributed by atoms with Crippen LogP contribution in [0, 0.1) is 0 Å². The average Bonchev–Trinajstić information content (AvgIpc) is 0.811. The maximum atomic E-state index is 9.22. The van der Waals surface area contributed by atoms with E-state index in [1.165, 1.54) is 6.92 Å². The summed E-state index contributed by atoms with van der Waals surface area (Å²) >= 11 is 0. The molecule has 0 atom stereocenters. The van der Waals surface area contributed by atoms with Crippen LogP contribution in [-0.2, 0) is 4.79 Å². The predicted molar refractivity (Wildman–Crippen MR) is 25.2 cm³/mol. The number of rotatable bonds is 0. The van der Waals surface area contributed by atoms with E-state index in [1.54, 1.807) is 0 Å². The van der Waals surface area contributed by atoms with Gasteiger partial charge in [-0.25, -0.2) is 0 Å². The van der Waals surface area contributed by atoms with Crippen molar-refractivity contribution in [2.75, 3.05) is 0 Å². The number of carbonyl (C=O) groups excluding carboxylic acids is 1. The predicted octanol–water partition coefficient (Wildman–Crippen LogP) is -0.697. The molecule has 40 valence electrons. The Bertz CT molecular complexity index is 31.8. The minimum Gasteiger partial charge on any atom is -0.412 e. The Labute approximate surface area is 37.5 Å². The molecule has 0 aliphatic rings.